The van der Waals surface area contributed by atoms with Crippen molar-refractivity contribution in [2.45, 2.75) is 26.1 Å². The van der Waals surface area contributed by atoms with Crippen LogP contribution in [0.2, 0.25) is 5.02 Å². The van der Waals surface area contributed by atoms with Crippen molar-refractivity contribution < 1.29 is 22.7 Å². The molecular formula is C24H21ClF3N5O2. The van der Waals surface area contributed by atoms with E-state index in [2.05, 4.69) is 20.4 Å². The van der Waals surface area contributed by atoms with E-state index in [0.29, 0.717) is 45.8 Å². The summed E-state index contributed by atoms with van der Waals surface area (Å²) in [4.78, 5) is 21.0. The first-order valence-electron chi connectivity index (χ1n) is 10.6. The summed E-state index contributed by atoms with van der Waals surface area (Å²) in [5.41, 5.74) is 1.84. The minimum atomic E-state index is -4.56. The average Bonchev–Trinajstić information content (AvgIpc) is 3.18. The number of halogens is 4. The largest absolute Gasteiger partial charge is 0.465 e. The molecule has 0 atom stereocenters. The molecule has 0 aliphatic heterocycles. The minimum Gasteiger partial charge on any atom is -0.465 e. The van der Waals surface area contributed by atoms with Gasteiger partial charge in [0.15, 0.2) is 11.5 Å². The second kappa shape index (κ2) is 9.53. The van der Waals surface area contributed by atoms with Crippen LogP contribution in [-0.2, 0) is 30.9 Å². The Morgan fingerprint density at radius 2 is 1.86 bits per heavy atom. The molecule has 0 saturated heterocycles. The maximum Gasteiger partial charge on any atom is 0.417 e. The summed E-state index contributed by atoms with van der Waals surface area (Å²) in [5, 5.41) is 7.99. The highest BCUT2D eigenvalue weighted by molar-refractivity contribution is 6.31. The molecule has 2 aromatic carbocycles. The highest BCUT2D eigenvalue weighted by Crippen LogP contribution is 2.35. The Hall–Kier alpha value is -3.66. The van der Waals surface area contributed by atoms with Crippen LogP contribution in [0.1, 0.15) is 34.1 Å². The predicted octanol–water partition coefficient (Wildman–Crippen LogP) is 5.66. The Kier molecular flexibility index (Phi) is 6.66. The number of ether oxygens (including phenoxy) is 1. The van der Waals surface area contributed by atoms with Crippen LogP contribution >= 0.6 is 11.6 Å². The number of alkyl halides is 3. The number of hydrogen-bond acceptors (Lipinski definition) is 6. The fourth-order valence-corrected chi connectivity index (χ4v) is 3.92. The average molecular weight is 504 g/mol. The molecule has 4 aromatic rings. The van der Waals surface area contributed by atoms with Gasteiger partial charge < -0.3 is 10.1 Å². The van der Waals surface area contributed by atoms with E-state index in [4.69, 9.17) is 16.3 Å². The van der Waals surface area contributed by atoms with E-state index < -0.39 is 17.7 Å². The predicted molar refractivity (Wildman–Crippen MR) is 126 cm³/mol. The van der Waals surface area contributed by atoms with Crippen molar-refractivity contribution in [1.82, 2.24) is 19.7 Å². The highest BCUT2D eigenvalue weighted by Gasteiger charge is 2.33. The quantitative estimate of drug-likeness (QED) is 0.342. The van der Waals surface area contributed by atoms with Gasteiger partial charge in [-0.15, -0.1) is 0 Å². The smallest absolute Gasteiger partial charge is 0.417 e. The number of carbonyl (C=O) groups is 1. The summed E-state index contributed by atoms with van der Waals surface area (Å²) in [6.07, 6.45) is -3.95. The van der Waals surface area contributed by atoms with Crippen molar-refractivity contribution in [2.75, 3.05) is 12.4 Å². The van der Waals surface area contributed by atoms with Gasteiger partial charge in [-0.05, 0) is 36.2 Å². The molecule has 4 rings (SSSR count). The summed E-state index contributed by atoms with van der Waals surface area (Å²) in [6.45, 7) is 2.02. The molecule has 0 unspecified atom stereocenters. The minimum absolute atomic E-state index is 0.0745. The molecule has 0 radical (unpaired) electrons. The molecule has 0 spiro atoms. The lowest BCUT2D eigenvalue weighted by atomic mass is 10.1. The number of aromatic nitrogens is 4. The molecular weight excluding hydrogens is 483 g/mol. The Balaban J connectivity index is 1.75. The van der Waals surface area contributed by atoms with E-state index in [-0.39, 0.29) is 11.6 Å². The number of hydrogen-bond donors (Lipinski definition) is 1. The van der Waals surface area contributed by atoms with E-state index in [9.17, 15) is 18.0 Å². The number of rotatable bonds is 6. The lowest BCUT2D eigenvalue weighted by Gasteiger charge is -2.13. The van der Waals surface area contributed by atoms with Gasteiger partial charge in [-0.2, -0.15) is 18.3 Å². The maximum atomic E-state index is 13.3. The Morgan fingerprint density at radius 1 is 1.14 bits per heavy atom. The Labute approximate surface area is 203 Å². The monoisotopic (exact) mass is 503 g/mol. The number of methoxy groups -OCH3 is 1. The van der Waals surface area contributed by atoms with Crippen LogP contribution in [0, 0.1) is 0 Å². The number of nitrogens with zero attached hydrogens (tertiary/aromatic N) is 4. The molecule has 7 nitrogen and oxygen atoms in total. The van der Waals surface area contributed by atoms with E-state index in [0.717, 1.165) is 11.8 Å². The number of aryl methyl sites for hydroxylation is 2. The molecule has 11 heteroatoms. The number of esters is 1. The van der Waals surface area contributed by atoms with Crippen molar-refractivity contribution in [3.8, 4) is 11.4 Å². The summed E-state index contributed by atoms with van der Waals surface area (Å²) >= 11 is 5.75. The Morgan fingerprint density at radius 3 is 2.49 bits per heavy atom. The third-order valence-electron chi connectivity index (χ3n) is 5.45. The topological polar surface area (TPSA) is 81.9 Å². The van der Waals surface area contributed by atoms with Gasteiger partial charge in [0, 0.05) is 19.2 Å². The van der Waals surface area contributed by atoms with Crippen LogP contribution in [0.4, 0.5) is 19.0 Å². The van der Waals surface area contributed by atoms with Crippen molar-refractivity contribution in [1.29, 1.82) is 0 Å². The van der Waals surface area contributed by atoms with Gasteiger partial charge in [-0.25, -0.2) is 19.4 Å². The lowest BCUT2D eigenvalue weighted by Crippen LogP contribution is -2.09. The molecule has 2 aromatic heterocycles. The second-order valence-electron chi connectivity index (χ2n) is 7.75. The van der Waals surface area contributed by atoms with Gasteiger partial charge in [0.1, 0.15) is 5.82 Å². The van der Waals surface area contributed by atoms with Gasteiger partial charge in [0.25, 0.3) is 0 Å². The molecule has 35 heavy (non-hydrogen) atoms. The third-order valence-corrected chi connectivity index (χ3v) is 5.78. The molecule has 0 amide bonds. The van der Waals surface area contributed by atoms with E-state index in [1.807, 2.05) is 6.92 Å². The van der Waals surface area contributed by atoms with Crippen molar-refractivity contribution in [3.05, 3.63) is 69.9 Å². The molecule has 0 aliphatic rings. The van der Waals surface area contributed by atoms with Crippen molar-refractivity contribution >= 4 is 34.4 Å². The van der Waals surface area contributed by atoms with Crippen LogP contribution in [-0.4, -0.2) is 32.8 Å². The zero-order valence-electron chi connectivity index (χ0n) is 19.1. The van der Waals surface area contributed by atoms with E-state index in [1.54, 1.807) is 36.0 Å². The summed E-state index contributed by atoms with van der Waals surface area (Å²) in [5.74, 6) is 0.348. The third kappa shape index (κ3) is 4.93. The normalized spacial score (nSPS) is 11.6. The summed E-state index contributed by atoms with van der Waals surface area (Å²) in [6, 6.07) is 10.4. The number of nitrogens with one attached hydrogen (secondary N) is 1. The van der Waals surface area contributed by atoms with Gasteiger partial charge in [0.05, 0.1) is 34.3 Å². The molecule has 0 saturated carbocycles. The SMILES string of the molecule is CCc1nn(C)c2nc(-c3ccc(C(=O)OC)cc3)nc(NCc3ccc(Cl)c(C(F)(F)F)c3)c12. The second-order valence-corrected chi connectivity index (χ2v) is 8.16. The van der Waals surface area contributed by atoms with Crippen LogP contribution in [0.5, 0.6) is 0 Å². The fourth-order valence-electron chi connectivity index (χ4n) is 3.69. The number of anilines is 1. The molecule has 0 fully saturated rings. The summed E-state index contributed by atoms with van der Waals surface area (Å²) < 4.78 is 46.2. The van der Waals surface area contributed by atoms with Gasteiger partial charge >= 0.3 is 12.1 Å². The first-order chi connectivity index (χ1) is 16.6. The van der Waals surface area contributed by atoms with Gasteiger partial charge in [-0.1, -0.05) is 36.7 Å². The van der Waals surface area contributed by atoms with Crippen LogP contribution in [0.3, 0.4) is 0 Å². The van der Waals surface area contributed by atoms with E-state index >= 15 is 0 Å². The molecule has 1 N–H and O–H groups in total. The first-order valence-corrected chi connectivity index (χ1v) is 11.0. The zero-order valence-corrected chi connectivity index (χ0v) is 19.8. The summed E-state index contributed by atoms with van der Waals surface area (Å²) in [7, 11) is 3.06. The molecule has 0 aliphatic carbocycles. The number of benzene rings is 2. The maximum absolute atomic E-state index is 13.3. The molecule has 2 heterocycles. The van der Waals surface area contributed by atoms with E-state index in [1.165, 1.54) is 19.2 Å². The van der Waals surface area contributed by atoms with Gasteiger partial charge in [-0.3, -0.25) is 0 Å². The molecule has 182 valence electrons. The fraction of sp³-hybridized carbons (Fsp3) is 0.250. The van der Waals surface area contributed by atoms with Crippen LogP contribution in [0.25, 0.3) is 22.4 Å². The van der Waals surface area contributed by atoms with Crippen molar-refractivity contribution in [2.24, 2.45) is 7.05 Å². The van der Waals surface area contributed by atoms with Crippen LogP contribution < -0.4 is 5.32 Å². The molecule has 0 bridgehead atoms. The number of carbonyl (C=O) groups excluding carboxylic acids is 1. The van der Waals surface area contributed by atoms with Gasteiger partial charge in [0.2, 0.25) is 0 Å². The lowest BCUT2D eigenvalue weighted by molar-refractivity contribution is -0.137. The van der Waals surface area contributed by atoms with Crippen molar-refractivity contribution in [3.63, 3.8) is 0 Å². The Bertz CT molecular complexity index is 1400. The zero-order chi connectivity index (χ0) is 25.3. The first kappa shape index (κ1) is 24.5. The standard InChI is InChI=1S/C24H21ClF3N5O2/c1-4-18-19-21(29-12-13-5-10-17(25)16(11-13)24(26,27)28)30-20(31-22(19)33(2)32-18)14-6-8-15(9-7-14)23(34)35-3/h5-11H,4,12H2,1-3H3,(H,29,30,31). The highest BCUT2D eigenvalue weighted by atomic mass is 35.5. The number of fused-ring (bicyclic) bond motifs is 1. The van der Waals surface area contributed by atoms with Crippen LogP contribution in [0.15, 0.2) is 42.5 Å².